The molecule has 0 saturated heterocycles. The largest absolute Gasteiger partial charge is 0.321 e. The van der Waals surface area contributed by atoms with Gasteiger partial charge in [-0.15, -0.1) is 0 Å². The molecule has 0 bridgehead atoms. The van der Waals surface area contributed by atoms with Crippen LogP contribution in [0.15, 0.2) is 12.4 Å². The molecule has 3 heterocycles. The van der Waals surface area contributed by atoms with Gasteiger partial charge in [-0.25, -0.2) is 0 Å². The molecule has 11 heteroatoms. The van der Waals surface area contributed by atoms with Crippen LogP contribution in [0, 0.1) is 20.8 Å². The molecule has 2 N–H and O–H groups in total. The van der Waals surface area contributed by atoms with E-state index in [1.54, 1.807) is 50.4 Å². The molecular weight excluding hydrogens is 396 g/mol. The van der Waals surface area contributed by atoms with Crippen molar-refractivity contribution in [1.82, 2.24) is 29.3 Å². The van der Waals surface area contributed by atoms with Gasteiger partial charge in [-0.05, 0) is 27.7 Å². The van der Waals surface area contributed by atoms with Gasteiger partial charge in [0, 0.05) is 14.1 Å². The molecule has 3 aromatic rings. The fourth-order valence-corrected chi connectivity index (χ4v) is 3.09. The van der Waals surface area contributed by atoms with Gasteiger partial charge in [0.1, 0.15) is 11.7 Å². The number of hydrogen-bond donors (Lipinski definition) is 2. The maximum atomic E-state index is 12.8. The van der Waals surface area contributed by atoms with Gasteiger partial charge >= 0.3 is 0 Å². The summed E-state index contributed by atoms with van der Waals surface area (Å²) in [5.74, 6) is -0.745. The Morgan fingerprint density at radius 2 is 1.62 bits per heavy atom. The number of aryl methyl sites for hydroxylation is 3. The second-order valence-corrected chi connectivity index (χ2v) is 7.22. The summed E-state index contributed by atoms with van der Waals surface area (Å²) in [6, 6.07) is -0.627. The van der Waals surface area contributed by atoms with Gasteiger partial charge in [0.2, 0.25) is 5.91 Å². The normalized spacial score (nSPS) is 12.1. The predicted molar refractivity (Wildman–Crippen MR) is 109 cm³/mol. The standard InChI is InChI=1S/C18H23ClN8O2/c1-9-15(19)11(3)27(24-9)12(4)17(28)23-14-8-21-26(6)16(14)18(29)22-13-7-20-25(5)10(13)2/h7-8,12H,1-6H3,(H,22,29)(H,23,28). The van der Waals surface area contributed by atoms with E-state index in [9.17, 15) is 9.59 Å². The first kappa shape index (κ1) is 20.6. The highest BCUT2D eigenvalue weighted by molar-refractivity contribution is 6.31. The second-order valence-electron chi connectivity index (χ2n) is 6.85. The molecule has 0 radical (unpaired) electrons. The van der Waals surface area contributed by atoms with E-state index in [-0.39, 0.29) is 11.6 Å². The maximum absolute atomic E-state index is 12.8. The van der Waals surface area contributed by atoms with Gasteiger partial charge in [-0.3, -0.25) is 23.6 Å². The number of anilines is 2. The molecule has 0 aromatic carbocycles. The summed E-state index contributed by atoms with van der Waals surface area (Å²) in [5, 5.41) is 18.6. The number of nitrogens with zero attached hydrogens (tertiary/aromatic N) is 6. The van der Waals surface area contributed by atoms with E-state index in [0.29, 0.717) is 27.8 Å². The second kappa shape index (κ2) is 7.70. The Morgan fingerprint density at radius 3 is 2.17 bits per heavy atom. The first-order valence-corrected chi connectivity index (χ1v) is 9.33. The lowest BCUT2D eigenvalue weighted by atomic mass is 10.2. The van der Waals surface area contributed by atoms with Crippen LogP contribution in [0.4, 0.5) is 11.4 Å². The number of amides is 2. The van der Waals surface area contributed by atoms with E-state index in [0.717, 1.165) is 5.69 Å². The van der Waals surface area contributed by atoms with Crippen LogP contribution < -0.4 is 10.6 Å². The molecular formula is C18H23ClN8O2. The van der Waals surface area contributed by atoms with Gasteiger partial charge in [0.05, 0.1) is 45.9 Å². The van der Waals surface area contributed by atoms with Crippen molar-refractivity contribution >= 4 is 34.8 Å². The summed E-state index contributed by atoms with van der Waals surface area (Å²) in [7, 11) is 3.41. The Morgan fingerprint density at radius 1 is 1.00 bits per heavy atom. The van der Waals surface area contributed by atoms with Crippen molar-refractivity contribution in [3.63, 3.8) is 0 Å². The van der Waals surface area contributed by atoms with E-state index in [2.05, 4.69) is 25.9 Å². The van der Waals surface area contributed by atoms with E-state index < -0.39 is 11.9 Å². The molecule has 3 aromatic heterocycles. The molecule has 0 fully saturated rings. The number of nitrogens with one attached hydrogen (secondary N) is 2. The Balaban J connectivity index is 1.81. The van der Waals surface area contributed by atoms with Crippen molar-refractivity contribution in [2.45, 2.75) is 33.7 Å². The molecule has 0 spiro atoms. The average Bonchev–Trinajstić information content (AvgIpc) is 3.28. The number of hydrogen-bond acceptors (Lipinski definition) is 5. The van der Waals surface area contributed by atoms with Crippen LogP contribution in [0.2, 0.25) is 5.02 Å². The summed E-state index contributed by atoms with van der Waals surface area (Å²) in [4.78, 5) is 25.6. The molecule has 0 aliphatic heterocycles. The lowest BCUT2D eigenvalue weighted by Gasteiger charge is -2.15. The first-order valence-electron chi connectivity index (χ1n) is 8.95. The third-order valence-electron chi connectivity index (χ3n) is 4.88. The quantitative estimate of drug-likeness (QED) is 0.660. The van der Waals surface area contributed by atoms with Crippen LogP contribution >= 0.6 is 11.6 Å². The third kappa shape index (κ3) is 3.75. The highest BCUT2D eigenvalue weighted by Crippen LogP contribution is 2.24. The zero-order chi connectivity index (χ0) is 21.5. The van der Waals surface area contributed by atoms with E-state index in [1.807, 2.05) is 6.92 Å². The molecule has 0 aliphatic carbocycles. The fourth-order valence-electron chi connectivity index (χ4n) is 2.97. The minimum absolute atomic E-state index is 0.222. The van der Waals surface area contributed by atoms with Crippen molar-refractivity contribution < 1.29 is 9.59 Å². The van der Waals surface area contributed by atoms with Crippen molar-refractivity contribution in [1.29, 1.82) is 0 Å². The van der Waals surface area contributed by atoms with Crippen LogP contribution in [0.1, 0.15) is 40.5 Å². The molecule has 0 saturated carbocycles. The van der Waals surface area contributed by atoms with Gasteiger partial charge in [-0.1, -0.05) is 11.6 Å². The Hall–Kier alpha value is -3.14. The molecule has 2 amide bonds. The number of halogens is 1. The van der Waals surface area contributed by atoms with Gasteiger partial charge in [-0.2, -0.15) is 15.3 Å². The smallest absolute Gasteiger partial charge is 0.276 e. The van der Waals surface area contributed by atoms with Gasteiger partial charge in [0.25, 0.3) is 5.91 Å². The summed E-state index contributed by atoms with van der Waals surface area (Å²) >= 11 is 6.18. The Kier molecular flexibility index (Phi) is 5.47. The lowest BCUT2D eigenvalue weighted by Crippen LogP contribution is -2.27. The highest BCUT2D eigenvalue weighted by Gasteiger charge is 2.24. The van der Waals surface area contributed by atoms with Crippen LogP contribution in [-0.4, -0.2) is 41.2 Å². The zero-order valence-electron chi connectivity index (χ0n) is 17.1. The topological polar surface area (TPSA) is 112 Å². The molecule has 1 unspecified atom stereocenters. The van der Waals surface area contributed by atoms with Crippen molar-refractivity contribution in [3.05, 3.63) is 40.2 Å². The molecule has 1 atom stereocenters. The van der Waals surface area contributed by atoms with Crippen LogP contribution in [-0.2, 0) is 18.9 Å². The molecule has 0 aliphatic rings. The van der Waals surface area contributed by atoms with E-state index in [1.165, 1.54) is 10.9 Å². The van der Waals surface area contributed by atoms with Crippen LogP contribution in [0.3, 0.4) is 0 Å². The molecule has 3 rings (SSSR count). The van der Waals surface area contributed by atoms with Crippen molar-refractivity contribution in [2.24, 2.45) is 14.1 Å². The lowest BCUT2D eigenvalue weighted by molar-refractivity contribution is -0.119. The predicted octanol–water partition coefficient (Wildman–Crippen LogP) is 2.38. The molecule has 29 heavy (non-hydrogen) atoms. The minimum atomic E-state index is -0.627. The Labute approximate surface area is 172 Å². The average molecular weight is 419 g/mol. The van der Waals surface area contributed by atoms with E-state index >= 15 is 0 Å². The summed E-state index contributed by atoms with van der Waals surface area (Å²) in [6.07, 6.45) is 3.00. The number of aromatic nitrogens is 6. The number of carbonyl (C=O) groups excluding carboxylic acids is 2. The molecule has 10 nitrogen and oxygen atoms in total. The number of rotatable bonds is 5. The summed E-state index contributed by atoms with van der Waals surface area (Å²) < 4.78 is 4.62. The minimum Gasteiger partial charge on any atom is -0.321 e. The summed E-state index contributed by atoms with van der Waals surface area (Å²) in [5.41, 5.74) is 3.26. The third-order valence-corrected chi connectivity index (χ3v) is 5.43. The van der Waals surface area contributed by atoms with Crippen molar-refractivity contribution in [3.8, 4) is 0 Å². The number of carbonyl (C=O) groups is 2. The maximum Gasteiger partial charge on any atom is 0.276 e. The van der Waals surface area contributed by atoms with E-state index in [4.69, 9.17) is 11.6 Å². The zero-order valence-corrected chi connectivity index (χ0v) is 17.9. The van der Waals surface area contributed by atoms with Crippen LogP contribution in [0.25, 0.3) is 0 Å². The Bertz CT molecular complexity index is 1090. The van der Waals surface area contributed by atoms with Gasteiger partial charge < -0.3 is 10.6 Å². The van der Waals surface area contributed by atoms with Crippen molar-refractivity contribution in [2.75, 3.05) is 10.6 Å². The highest BCUT2D eigenvalue weighted by atomic mass is 35.5. The fraction of sp³-hybridized carbons (Fsp3) is 0.389. The summed E-state index contributed by atoms with van der Waals surface area (Å²) in [6.45, 7) is 7.13. The first-order chi connectivity index (χ1) is 13.6. The van der Waals surface area contributed by atoms with Gasteiger partial charge in [0.15, 0.2) is 0 Å². The SMILES string of the molecule is Cc1nn(C(C)C(=O)Nc2cnn(C)c2C(=O)Nc2cnn(C)c2C)c(C)c1Cl. The monoisotopic (exact) mass is 418 g/mol. The molecule has 154 valence electrons. The van der Waals surface area contributed by atoms with Crippen LogP contribution in [0.5, 0.6) is 0 Å².